The number of hydrogen-bond acceptors (Lipinski definition) is 2. The Hall–Kier alpha value is -1.00. The maximum atomic E-state index is 12.2. The van der Waals surface area contributed by atoms with E-state index in [2.05, 4.69) is 11.3 Å². The van der Waals surface area contributed by atoms with Crippen molar-refractivity contribution in [2.45, 2.75) is 45.4 Å². The van der Waals surface area contributed by atoms with E-state index < -0.39 is 17.7 Å². The fourth-order valence-electron chi connectivity index (χ4n) is 5.04. The van der Waals surface area contributed by atoms with Gasteiger partial charge in [0.15, 0.2) is 0 Å². The van der Waals surface area contributed by atoms with E-state index in [1.165, 1.54) is 6.42 Å². The van der Waals surface area contributed by atoms with Gasteiger partial charge in [0, 0.05) is 11.0 Å². The minimum Gasteiger partial charge on any atom is -0.369 e. The average molecular weight is 288 g/mol. The zero-order valence-corrected chi connectivity index (χ0v) is 11.5. The molecule has 0 atom stereocenters. The lowest BCUT2D eigenvalue weighted by molar-refractivity contribution is -0.304. The first kappa shape index (κ1) is 14.0. The second-order valence-corrected chi connectivity index (χ2v) is 6.90. The van der Waals surface area contributed by atoms with Crippen molar-refractivity contribution in [1.82, 2.24) is 0 Å². The van der Waals surface area contributed by atoms with Crippen LogP contribution in [0, 0.1) is 29.1 Å². The smallest absolute Gasteiger partial charge is 0.369 e. The second-order valence-electron chi connectivity index (χ2n) is 6.90. The molecule has 0 N–H and O–H groups in total. The summed E-state index contributed by atoms with van der Waals surface area (Å²) in [6, 6.07) is 0. The molecule has 0 aliphatic heterocycles. The van der Waals surface area contributed by atoms with Gasteiger partial charge in [0.05, 0.1) is 0 Å². The summed E-state index contributed by atoms with van der Waals surface area (Å²) in [4.78, 5) is 11.7. The van der Waals surface area contributed by atoms with E-state index in [-0.39, 0.29) is 17.4 Å². The first-order chi connectivity index (χ1) is 9.20. The summed E-state index contributed by atoms with van der Waals surface area (Å²) in [5.41, 5.74) is -0.501. The predicted octanol–water partition coefficient (Wildman–Crippen LogP) is 4.07. The Morgan fingerprint density at radius 1 is 1.10 bits per heavy atom. The van der Waals surface area contributed by atoms with Crippen LogP contribution >= 0.6 is 0 Å². The summed E-state index contributed by atoms with van der Waals surface area (Å²) >= 11 is 0. The number of hydrogen-bond donors (Lipinski definition) is 0. The van der Waals surface area contributed by atoms with Gasteiger partial charge in [-0.1, -0.05) is 13.5 Å². The lowest BCUT2D eigenvalue weighted by Gasteiger charge is -2.60. The average Bonchev–Trinajstić information content (AvgIpc) is 2.31. The van der Waals surface area contributed by atoms with Gasteiger partial charge in [-0.3, -0.25) is 0 Å². The molecule has 0 amide bonds. The van der Waals surface area contributed by atoms with Gasteiger partial charge < -0.3 is 4.74 Å². The van der Waals surface area contributed by atoms with Crippen molar-refractivity contribution in [1.29, 1.82) is 0 Å². The predicted molar refractivity (Wildman–Crippen MR) is 66.4 cm³/mol. The number of rotatable bonds is 2. The van der Waals surface area contributed by atoms with Crippen LogP contribution in [0.5, 0.6) is 0 Å². The van der Waals surface area contributed by atoms with Gasteiger partial charge in [0.1, 0.15) is 0 Å². The zero-order valence-electron chi connectivity index (χ0n) is 11.5. The van der Waals surface area contributed by atoms with Crippen molar-refractivity contribution in [2.75, 3.05) is 0 Å². The quantitative estimate of drug-likeness (QED) is 0.565. The van der Waals surface area contributed by atoms with Crippen LogP contribution in [0.3, 0.4) is 0 Å². The Bertz CT molecular complexity index is 425. The molecule has 0 aromatic heterocycles. The molecule has 112 valence electrons. The summed E-state index contributed by atoms with van der Waals surface area (Å²) in [5.74, 6) is 0.653. The van der Waals surface area contributed by atoms with Gasteiger partial charge in [0.2, 0.25) is 0 Å². The molecular formula is C15H19F3O2. The maximum Gasteiger partial charge on any atom is 0.575 e. The number of halogens is 3. The molecule has 4 aliphatic rings. The molecule has 0 spiro atoms. The lowest BCUT2D eigenvalue weighted by atomic mass is 9.44. The van der Waals surface area contributed by atoms with Crippen LogP contribution in [-0.4, -0.2) is 12.3 Å². The first-order valence-corrected chi connectivity index (χ1v) is 7.19. The van der Waals surface area contributed by atoms with Crippen molar-refractivity contribution < 1.29 is 22.7 Å². The highest BCUT2D eigenvalue weighted by molar-refractivity contribution is 5.89. The van der Waals surface area contributed by atoms with Gasteiger partial charge in [-0.15, -0.1) is 13.2 Å². The molecule has 0 aromatic rings. The van der Waals surface area contributed by atoms with E-state index in [1.54, 1.807) is 0 Å². The molecule has 4 rings (SSSR count). The summed E-state index contributed by atoms with van der Waals surface area (Å²) in [7, 11) is 0. The molecule has 2 nitrogen and oxygen atoms in total. The second kappa shape index (κ2) is 4.25. The number of carbonyl (C=O) groups is 1. The van der Waals surface area contributed by atoms with Crippen molar-refractivity contribution in [3.8, 4) is 0 Å². The standard InChI is InChI=1S/C15H19F3O2/c1-8(13(19)20-15(16,17)18)14(2)11-4-9-3-10(6-11)7-12(14)5-9/h9-12H,1,3-7H2,2H3. The SMILES string of the molecule is C=C(C(=O)OC(F)(F)F)C1(C)C2CC3CC(C2)CC1C3. The van der Waals surface area contributed by atoms with Crippen LogP contribution in [0.1, 0.15) is 39.0 Å². The summed E-state index contributed by atoms with van der Waals surface area (Å²) in [5, 5.41) is 0. The lowest BCUT2D eigenvalue weighted by Crippen LogP contribution is -2.53. The van der Waals surface area contributed by atoms with E-state index in [4.69, 9.17) is 0 Å². The largest absolute Gasteiger partial charge is 0.575 e. The van der Waals surface area contributed by atoms with Gasteiger partial charge in [-0.05, 0) is 55.8 Å². The molecule has 4 saturated carbocycles. The topological polar surface area (TPSA) is 26.3 Å². The third-order valence-electron chi connectivity index (χ3n) is 5.94. The minimum absolute atomic E-state index is 0.0172. The zero-order chi connectivity index (χ0) is 14.7. The monoisotopic (exact) mass is 288 g/mol. The molecule has 20 heavy (non-hydrogen) atoms. The third-order valence-corrected chi connectivity index (χ3v) is 5.94. The highest BCUT2D eigenvalue weighted by Crippen LogP contribution is 2.64. The van der Waals surface area contributed by atoms with Gasteiger partial charge in [-0.25, -0.2) is 4.79 Å². The first-order valence-electron chi connectivity index (χ1n) is 7.19. The van der Waals surface area contributed by atoms with Crippen LogP contribution < -0.4 is 0 Å². The van der Waals surface area contributed by atoms with E-state index in [0.29, 0.717) is 11.8 Å². The van der Waals surface area contributed by atoms with Gasteiger partial charge in [0.25, 0.3) is 0 Å². The highest BCUT2D eigenvalue weighted by Gasteiger charge is 2.57. The number of esters is 1. The Kier molecular flexibility index (Phi) is 2.96. The molecule has 0 unspecified atom stereocenters. The highest BCUT2D eigenvalue weighted by atomic mass is 19.4. The summed E-state index contributed by atoms with van der Waals surface area (Å²) in [6.07, 6.45) is 0.387. The fourth-order valence-corrected chi connectivity index (χ4v) is 5.04. The normalized spacial score (nSPS) is 42.6. The maximum absolute atomic E-state index is 12.2. The van der Waals surface area contributed by atoms with Crippen LogP contribution in [0.15, 0.2) is 12.2 Å². The summed E-state index contributed by atoms with van der Waals surface area (Å²) in [6.45, 7) is 5.60. The Balaban J connectivity index is 1.82. The summed E-state index contributed by atoms with van der Waals surface area (Å²) < 4.78 is 40.3. The number of alkyl halides is 3. The Morgan fingerprint density at radius 3 is 1.95 bits per heavy atom. The molecule has 0 heterocycles. The van der Waals surface area contributed by atoms with E-state index >= 15 is 0 Å². The number of carbonyl (C=O) groups excluding carboxylic acids is 1. The van der Waals surface area contributed by atoms with E-state index in [1.807, 2.05) is 6.92 Å². The van der Waals surface area contributed by atoms with Crippen LogP contribution in [0.25, 0.3) is 0 Å². The minimum atomic E-state index is -4.93. The number of ether oxygens (including phenoxy) is 1. The molecule has 0 radical (unpaired) electrons. The van der Waals surface area contributed by atoms with Crippen molar-refractivity contribution in [3.05, 3.63) is 12.2 Å². The van der Waals surface area contributed by atoms with Gasteiger partial charge >= 0.3 is 12.3 Å². The molecule has 4 fully saturated rings. The molecule has 5 heteroatoms. The van der Waals surface area contributed by atoms with E-state index in [0.717, 1.165) is 25.7 Å². The van der Waals surface area contributed by atoms with Crippen molar-refractivity contribution >= 4 is 5.97 Å². The molecule has 0 saturated heterocycles. The molecule has 4 bridgehead atoms. The molecular weight excluding hydrogens is 269 g/mol. The van der Waals surface area contributed by atoms with Crippen LogP contribution in [0.2, 0.25) is 0 Å². The molecule has 4 aliphatic carbocycles. The van der Waals surface area contributed by atoms with Crippen molar-refractivity contribution in [2.24, 2.45) is 29.1 Å². The molecule has 0 aromatic carbocycles. The Labute approximate surface area is 116 Å². The van der Waals surface area contributed by atoms with Crippen molar-refractivity contribution in [3.63, 3.8) is 0 Å². The van der Waals surface area contributed by atoms with E-state index in [9.17, 15) is 18.0 Å². The van der Waals surface area contributed by atoms with Crippen LogP contribution in [-0.2, 0) is 9.53 Å². The Morgan fingerprint density at radius 2 is 1.55 bits per heavy atom. The van der Waals surface area contributed by atoms with Gasteiger partial charge in [-0.2, -0.15) is 0 Å². The third kappa shape index (κ3) is 2.06. The fraction of sp³-hybridized carbons (Fsp3) is 0.800. The van der Waals surface area contributed by atoms with Crippen LogP contribution in [0.4, 0.5) is 13.2 Å².